The number of carbonyl (C=O) groups is 3. The van der Waals surface area contributed by atoms with E-state index in [1.807, 2.05) is 19.9 Å². The van der Waals surface area contributed by atoms with Gasteiger partial charge in [-0.25, -0.2) is 4.79 Å². The largest absolute Gasteiger partial charge is 0.452 e. The van der Waals surface area contributed by atoms with Gasteiger partial charge in [-0.2, -0.15) is 0 Å². The first-order chi connectivity index (χ1) is 10.7. The van der Waals surface area contributed by atoms with Crippen LogP contribution in [0.2, 0.25) is 0 Å². The van der Waals surface area contributed by atoms with Crippen LogP contribution in [0.3, 0.4) is 0 Å². The van der Waals surface area contributed by atoms with Gasteiger partial charge >= 0.3 is 12.0 Å². The number of terminal acetylenes is 1. The van der Waals surface area contributed by atoms with Gasteiger partial charge in [0.25, 0.3) is 5.91 Å². The summed E-state index contributed by atoms with van der Waals surface area (Å²) in [4.78, 5) is 35.5. The Labute approximate surface area is 151 Å². The first kappa shape index (κ1) is 18.0. The maximum Gasteiger partial charge on any atom is 0.322 e. The number of allylic oxidation sites excluding steroid dienone is 1. The molecule has 1 aliphatic carbocycles. The molecule has 1 saturated heterocycles. The van der Waals surface area contributed by atoms with E-state index in [0.29, 0.717) is 3.39 Å². The molecule has 3 unspecified atom stereocenters. The molecule has 2 rings (SSSR count). The van der Waals surface area contributed by atoms with Crippen molar-refractivity contribution in [2.45, 2.75) is 26.3 Å². The minimum Gasteiger partial charge on any atom is -0.452 e. The van der Waals surface area contributed by atoms with E-state index in [9.17, 15) is 14.4 Å². The van der Waals surface area contributed by atoms with Crippen molar-refractivity contribution in [2.24, 2.45) is 16.7 Å². The second-order valence-corrected chi connectivity index (χ2v) is 8.93. The predicted molar refractivity (Wildman–Crippen MR) is 90.5 cm³/mol. The Hall–Kier alpha value is -1.33. The van der Waals surface area contributed by atoms with E-state index in [1.165, 1.54) is 0 Å². The fraction of sp³-hybridized carbons (Fsp3) is 0.533. The van der Waals surface area contributed by atoms with Crippen LogP contribution in [0, 0.1) is 29.1 Å². The number of rotatable bonds is 5. The first-order valence-electron chi connectivity index (χ1n) is 6.91. The molecule has 0 spiro atoms. The molecular formula is C15H16Br2N2O4. The summed E-state index contributed by atoms with van der Waals surface area (Å²) in [6.45, 7) is 3.74. The van der Waals surface area contributed by atoms with E-state index in [2.05, 4.69) is 48.4 Å². The van der Waals surface area contributed by atoms with Crippen molar-refractivity contribution in [3.05, 3.63) is 9.47 Å². The predicted octanol–water partition coefficient (Wildman–Crippen LogP) is 2.03. The lowest BCUT2D eigenvalue weighted by Gasteiger charge is -2.19. The Morgan fingerprint density at radius 3 is 2.57 bits per heavy atom. The SMILES string of the molecule is C#CCOC(=O)C1C(C)(C)C1(C=C(Br)Br)CC1NC(=O)NC1=O. The summed E-state index contributed by atoms with van der Waals surface area (Å²) in [6.07, 6.45) is 7.25. The molecule has 0 bridgehead atoms. The smallest absolute Gasteiger partial charge is 0.322 e. The van der Waals surface area contributed by atoms with E-state index in [4.69, 9.17) is 11.2 Å². The van der Waals surface area contributed by atoms with Gasteiger partial charge in [-0.05, 0) is 43.7 Å². The highest BCUT2D eigenvalue weighted by molar-refractivity contribution is 9.28. The highest BCUT2D eigenvalue weighted by Gasteiger charge is 2.74. The molecule has 0 aromatic rings. The molecule has 8 heteroatoms. The molecule has 2 aliphatic rings. The Morgan fingerprint density at radius 1 is 1.43 bits per heavy atom. The number of halogens is 2. The zero-order valence-corrected chi connectivity index (χ0v) is 15.8. The second-order valence-electron chi connectivity index (χ2n) is 6.16. The zero-order valence-electron chi connectivity index (χ0n) is 12.6. The fourth-order valence-electron chi connectivity index (χ4n) is 3.43. The number of hydrogen-bond donors (Lipinski definition) is 2. The van der Waals surface area contributed by atoms with Crippen LogP contribution < -0.4 is 10.6 Å². The normalized spacial score (nSPS) is 30.7. The maximum absolute atomic E-state index is 12.3. The van der Waals surface area contributed by atoms with Gasteiger partial charge in [-0.15, -0.1) is 6.42 Å². The number of ether oxygens (including phenoxy) is 1. The molecule has 1 aliphatic heterocycles. The monoisotopic (exact) mass is 446 g/mol. The molecule has 124 valence electrons. The third-order valence-corrected chi connectivity index (χ3v) is 5.11. The van der Waals surface area contributed by atoms with Gasteiger partial charge < -0.3 is 10.1 Å². The number of nitrogens with one attached hydrogen (secondary N) is 2. The van der Waals surface area contributed by atoms with Gasteiger partial charge in [0, 0.05) is 5.41 Å². The standard InChI is InChI=1S/C15H16Br2N2O4/c1-4-5-23-12(21)10-14(2,3)15(10,7-9(16)17)6-8-11(20)19-13(22)18-8/h1,7-8,10H,5-6H2,2-3H3,(H2,18,19,20,22). The molecule has 1 saturated carbocycles. The van der Waals surface area contributed by atoms with Crippen LogP contribution in [-0.4, -0.2) is 30.6 Å². The summed E-state index contributed by atoms with van der Waals surface area (Å²) in [6, 6.07) is -1.22. The third-order valence-electron chi connectivity index (χ3n) is 4.65. The Bertz CT molecular complexity index is 634. The molecule has 0 aromatic heterocycles. The third kappa shape index (κ3) is 3.17. The second kappa shape index (κ2) is 6.29. The minimum atomic E-state index is -0.692. The van der Waals surface area contributed by atoms with Crippen molar-refractivity contribution in [1.29, 1.82) is 0 Å². The molecular weight excluding hydrogens is 432 g/mol. The van der Waals surface area contributed by atoms with Crippen molar-refractivity contribution in [3.8, 4) is 12.3 Å². The van der Waals surface area contributed by atoms with Crippen molar-refractivity contribution >= 4 is 49.8 Å². The number of carbonyl (C=O) groups excluding carboxylic acids is 3. The number of amides is 3. The van der Waals surface area contributed by atoms with Crippen LogP contribution in [0.1, 0.15) is 20.3 Å². The van der Waals surface area contributed by atoms with Gasteiger partial charge in [-0.1, -0.05) is 25.8 Å². The van der Waals surface area contributed by atoms with Crippen LogP contribution in [0.5, 0.6) is 0 Å². The van der Waals surface area contributed by atoms with E-state index >= 15 is 0 Å². The van der Waals surface area contributed by atoms with E-state index < -0.39 is 40.7 Å². The summed E-state index contributed by atoms with van der Waals surface area (Å²) in [7, 11) is 0. The first-order valence-corrected chi connectivity index (χ1v) is 8.49. The van der Waals surface area contributed by atoms with Crippen LogP contribution in [0.15, 0.2) is 9.47 Å². The number of esters is 1. The summed E-state index contributed by atoms with van der Waals surface area (Å²) in [5.74, 6) is 1.00. The van der Waals surface area contributed by atoms with Gasteiger partial charge in [0.1, 0.15) is 6.04 Å². The number of hydrogen-bond acceptors (Lipinski definition) is 4. The number of imide groups is 1. The quantitative estimate of drug-likeness (QED) is 0.383. The van der Waals surface area contributed by atoms with E-state index in [1.54, 1.807) is 0 Å². The lowest BCUT2D eigenvalue weighted by Crippen LogP contribution is -2.33. The van der Waals surface area contributed by atoms with Gasteiger partial charge in [0.2, 0.25) is 0 Å². The van der Waals surface area contributed by atoms with Gasteiger partial charge in [0.15, 0.2) is 6.61 Å². The minimum absolute atomic E-state index is 0.0959. The Balaban J connectivity index is 2.29. The van der Waals surface area contributed by atoms with Crippen molar-refractivity contribution in [2.75, 3.05) is 6.61 Å². The maximum atomic E-state index is 12.3. The van der Waals surface area contributed by atoms with E-state index in [-0.39, 0.29) is 13.0 Å². The molecule has 2 fully saturated rings. The van der Waals surface area contributed by atoms with Crippen molar-refractivity contribution in [1.82, 2.24) is 10.6 Å². The van der Waals surface area contributed by atoms with E-state index in [0.717, 1.165) is 0 Å². The topological polar surface area (TPSA) is 84.5 Å². The highest BCUT2D eigenvalue weighted by Crippen LogP contribution is 2.73. The Morgan fingerprint density at radius 2 is 2.09 bits per heavy atom. The molecule has 6 nitrogen and oxygen atoms in total. The summed E-state index contributed by atoms with van der Waals surface area (Å²) in [5, 5.41) is 4.77. The molecule has 3 amide bonds. The van der Waals surface area contributed by atoms with Gasteiger partial charge in [0.05, 0.1) is 9.31 Å². The van der Waals surface area contributed by atoms with Crippen LogP contribution >= 0.6 is 31.9 Å². The fourth-order valence-corrected chi connectivity index (χ4v) is 4.25. The molecule has 0 radical (unpaired) electrons. The molecule has 23 heavy (non-hydrogen) atoms. The summed E-state index contributed by atoms with van der Waals surface area (Å²) < 4.78 is 5.74. The highest BCUT2D eigenvalue weighted by atomic mass is 79.9. The molecule has 0 aromatic carbocycles. The van der Waals surface area contributed by atoms with Crippen molar-refractivity contribution < 1.29 is 19.1 Å². The summed E-state index contributed by atoms with van der Waals surface area (Å²) >= 11 is 6.63. The van der Waals surface area contributed by atoms with Crippen LogP contribution in [0.25, 0.3) is 0 Å². The van der Waals surface area contributed by atoms with Gasteiger partial charge in [-0.3, -0.25) is 14.9 Å². The van der Waals surface area contributed by atoms with Crippen LogP contribution in [-0.2, 0) is 14.3 Å². The lowest BCUT2D eigenvalue weighted by atomic mass is 9.88. The average molecular weight is 448 g/mol. The van der Waals surface area contributed by atoms with Crippen molar-refractivity contribution in [3.63, 3.8) is 0 Å². The summed E-state index contributed by atoms with van der Waals surface area (Å²) in [5.41, 5.74) is -1.08. The molecule has 1 heterocycles. The zero-order chi connectivity index (χ0) is 17.4. The number of urea groups is 1. The average Bonchev–Trinajstić information content (AvgIpc) is 2.68. The Kier molecular flexibility index (Phi) is 4.92. The lowest BCUT2D eigenvalue weighted by molar-refractivity contribution is -0.145. The van der Waals surface area contributed by atoms with Crippen LogP contribution in [0.4, 0.5) is 4.79 Å². The molecule has 2 N–H and O–H groups in total. The molecule has 3 atom stereocenters.